The molecule has 1 aromatic rings. The highest BCUT2D eigenvalue weighted by Gasteiger charge is 2.16. The van der Waals surface area contributed by atoms with Gasteiger partial charge < -0.3 is 15.2 Å². The van der Waals surface area contributed by atoms with Crippen LogP contribution in [0.1, 0.15) is 55.8 Å². The van der Waals surface area contributed by atoms with Gasteiger partial charge in [0.05, 0.1) is 6.10 Å². The van der Waals surface area contributed by atoms with Crippen molar-refractivity contribution in [3.05, 3.63) is 29.8 Å². The third kappa shape index (κ3) is 5.05. The first-order chi connectivity index (χ1) is 10.2. The number of benzene rings is 1. The van der Waals surface area contributed by atoms with Crippen molar-refractivity contribution in [1.82, 2.24) is 5.32 Å². The topological polar surface area (TPSA) is 58.6 Å². The van der Waals surface area contributed by atoms with E-state index in [9.17, 15) is 4.79 Å². The monoisotopic (exact) mass is 291 g/mol. The highest BCUT2D eigenvalue weighted by atomic mass is 16.5. The van der Waals surface area contributed by atoms with Crippen molar-refractivity contribution in [2.24, 2.45) is 0 Å². The minimum absolute atomic E-state index is 0.0366. The third-order valence-corrected chi connectivity index (χ3v) is 3.89. The van der Waals surface area contributed by atoms with Gasteiger partial charge in [-0.25, -0.2) is 0 Å². The lowest BCUT2D eigenvalue weighted by Crippen LogP contribution is -2.33. The molecule has 1 aliphatic rings. The molecular weight excluding hydrogens is 266 g/mol. The van der Waals surface area contributed by atoms with Crippen LogP contribution in [-0.2, 0) is 0 Å². The van der Waals surface area contributed by atoms with Crippen LogP contribution in [-0.4, -0.2) is 29.8 Å². The van der Waals surface area contributed by atoms with Crippen LogP contribution in [0.5, 0.6) is 5.75 Å². The number of nitrogens with one attached hydrogen (secondary N) is 1. The summed E-state index contributed by atoms with van der Waals surface area (Å²) in [6, 6.07) is 7.31. The molecule has 0 bridgehead atoms. The molecule has 0 spiro atoms. The van der Waals surface area contributed by atoms with Crippen LogP contribution >= 0.6 is 0 Å². The predicted molar refractivity (Wildman–Crippen MR) is 82.6 cm³/mol. The number of ether oxygens (including phenoxy) is 1. The fourth-order valence-corrected chi connectivity index (χ4v) is 2.66. The van der Waals surface area contributed by atoms with Crippen LogP contribution in [0.15, 0.2) is 24.3 Å². The maximum Gasteiger partial charge on any atom is 0.251 e. The first kappa shape index (κ1) is 15.8. The third-order valence-electron chi connectivity index (χ3n) is 3.89. The van der Waals surface area contributed by atoms with Crippen molar-refractivity contribution < 1.29 is 14.6 Å². The van der Waals surface area contributed by atoms with Crippen LogP contribution in [0.3, 0.4) is 0 Å². The first-order valence-electron chi connectivity index (χ1n) is 7.87. The highest BCUT2D eigenvalue weighted by molar-refractivity contribution is 5.94. The number of aliphatic hydroxyl groups excluding tert-OH is 1. The van der Waals surface area contributed by atoms with Crippen LogP contribution in [0.4, 0.5) is 0 Å². The molecule has 0 aliphatic heterocycles. The molecule has 1 aromatic carbocycles. The molecule has 1 fully saturated rings. The van der Waals surface area contributed by atoms with Gasteiger partial charge in [0, 0.05) is 18.2 Å². The fraction of sp³-hybridized carbons (Fsp3) is 0.588. The van der Waals surface area contributed by atoms with Gasteiger partial charge in [-0.15, -0.1) is 0 Å². The lowest BCUT2D eigenvalue weighted by molar-refractivity contribution is 0.0933. The average Bonchev–Trinajstić information content (AvgIpc) is 2.49. The predicted octanol–water partition coefficient (Wildman–Crippen LogP) is 2.90. The summed E-state index contributed by atoms with van der Waals surface area (Å²) in [7, 11) is 0. The van der Waals surface area contributed by atoms with E-state index in [1.807, 2.05) is 19.1 Å². The maximum atomic E-state index is 12.1. The molecule has 0 saturated heterocycles. The second-order valence-corrected chi connectivity index (χ2v) is 5.79. The number of amides is 1. The largest absolute Gasteiger partial charge is 0.490 e. The van der Waals surface area contributed by atoms with Gasteiger partial charge >= 0.3 is 0 Å². The molecule has 1 atom stereocenters. The summed E-state index contributed by atoms with van der Waals surface area (Å²) in [6.45, 7) is 1.96. The van der Waals surface area contributed by atoms with Gasteiger partial charge in [0.15, 0.2) is 0 Å². The van der Waals surface area contributed by atoms with E-state index in [1.54, 1.807) is 12.1 Å². The van der Waals surface area contributed by atoms with Gasteiger partial charge in [0.25, 0.3) is 5.91 Å². The Kier molecular flexibility index (Phi) is 6.05. The molecule has 116 valence electrons. The van der Waals surface area contributed by atoms with E-state index >= 15 is 0 Å². The highest BCUT2D eigenvalue weighted by Crippen LogP contribution is 2.23. The summed E-state index contributed by atoms with van der Waals surface area (Å²) < 4.78 is 5.98. The normalized spacial score (nSPS) is 17.2. The van der Waals surface area contributed by atoms with Gasteiger partial charge in [0.1, 0.15) is 5.75 Å². The van der Waals surface area contributed by atoms with Crippen molar-refractivity contribution in [3.63, 3.8) is 0 Å². The van der Waals surface area contributed by atoms with Gasteiger partial charge in [-0.2, -0.15) is 0 Å². The Bertz CT molecular complexity index is 455. The van der Waals surface area contributed by atoms with Crippen molar-refractivity contribution in [1.29, 1.82) is 0 Å². The van der Waals surface area contributed by atoms with E-state index in [1.165, 1.54) is 19.3 Å². The molecule has 1 unspecified atom stereocenters. The Morgan fingerprint density at radius 3 is 2.86 bits per heavy atom. The van der Waals surface area contributed by atoms with E-state index in [2.05, 4.69) is 5.32 Å². The van der Waals surface area contributed by atoms with Crippen LogP contribution in [0, 0.1) is 0 Å². The first-order valence-corrected chi connectivity index (χ1v) is 7.87. The molecule has 4 heteroatoms. The molecule has 0 aromatic heterocycles. The summed E-state index contributed by atoms with van der Waals surface area (Å²) in [5.41, 5.74) is 0.605. The molecule has 1 amide bonds. The standard InChI is InChI=1S/C17H25NO3/c1-13(10-11-19)18-17(20)14-6-5-9-16(12-14)21-15-7-3-2-4-8-15/h5-6,9,12-13,15,19H,2-4,7-8,10-11H2,1H3,(H,18,20). The maximum absolute atomic E-state index is 12.1. The van der Waals surface area contributed by atoms with Gasteiger partial charge in [-0.05, 0) is 57.2 Å². The molecule has 2 N–H and O–H groups in total. The number of aliphatic hydroxyl groups is 1. The van der Waals surface area contributed by atoms with E-state index in [4.69, 9.17) is 9.84 Å². The zero-order valence-electron chi connectivity index (χ0n) is 12.7. The van der Waals surface area contributed by atoms with Crippen molar-refractivity contribution in [2.45, 2.75) is 57.6 Å². The van der Waals surface area contributed by atoms with Gasteiger partial charge in [-0.3, -0.25) is 4.79 Å². The lowest BCUT2D eigenvalue weighted by atomic mass is 9.98. The molecule has 0 heterocycles. The molecule has 1 saturated carbocycles. The Morgan fingerprint density at radius 2 is 2.14 bits per heavy atom. The molecule has 21 heavy (non-hydrogen) atoms. The minimum Gasteiger partial charge on any atom is -0.490 e. The Hall–Kier alpha value is -1.55. The Labute approximate surface area is 126 Å². The van der Waals surface area contributed by atoms with Crippen molar-refractivity contribution in [2.75, 3.05) is 6.61 Å². The van der Waals surface area contributed by atoms with Crippen molar-refractivity contribution in [3.8, 4) is 5.75 Å². The molecular formula is C17H25NO3. The quantitative estimate of drug-likeness (QED) is 0.847. The lowest BCUT2D eigenvalue weighted by Gasteiger charge is -2.23. The summed E-state index contributed by atoms with van der Waals surface area (Å²) in [6.07, 6.45) is 6.79. The summed E-state index contributed by atoms with van der Waals surface area (Å²) >= 11 is 0. The number of carbonyl (C=O) groups excluding carboxylic acids is 1. The van der Waals surface area contributed by atoms with Crippen LogP contribution < -0.4 is 10.1 Å². The van der Waals surface area contributed by atoms with Crippen LogP contribution in [0.2, 0.25) is 0 Å². The second-order valence-electron chi connectivity index (χ2n) is 5.79. The summed E-state index contributed by atoms with van der Waals surface area (Å²) in [5.74, 6) is 0.648. The van der Waals surface area contributed by atoms with Gasteiger partial charge in [-0.1, -0.05) is 12.5 Å². The van der Waals surface area contributed by atoms with Gasteiger partial charge in [0.2, 0.25) is 0 Å². The summed E-state index contributed by atoms with van der Waals surface area (Å²) in [4.78, 5) is 12.1. The van der Waals surface area contributed by atoms with E-state index < -0.39 is 0 Å². The number of carbonyl (C=O) groups is 1. The number of hydrogen-bond donors (Lipinski definition) is 2. The van der Waals surface area contributed by atoms with E-state index in [-0.39, 0.29) is 24.7 Å². The molecule has 2 rings (SSSR count). The smallest absolute Gasteiger partial charge is 0.251 e. The fourth-order valence-electron chi connectivity index (χ4n) is 2.66. The Balaban J connectivity index is 1.94. The minimum atomic E-state index is -0.120. The van der Waals surface area contributed by atoms with Crippen LogP contribution in [0.25, 0.3) is 0 Å². The molecule has 0 radical (unpaired) electrons. The van der Waals surface area contributed by atoms with Crippen molar-refractivity contribution >= 4 is 5.91 Å². The zero-order valence-corrected chi connectivity index (χ0v) is 12.7. The SMILES string of the molecule is CC(CCO)NC(=O)c1cccc(OC2CCCCC2)c1. The zero-order chi connectivity index (χ0) is 15.1. The average molecular weight is 291 g/mol. The molecule has 1 aliphatic carbocycles. The Morgan fingerprint density at radius 1 is 1.38 bits per heavy atom. The molecule has 4 nitrogen and oxygen atoms in total. The summed E-state index contributed by atoms with van der Waals surface area (Å²) in [5, 5.41) is 11.7. The van der Waals surface area contributed by atoms with E-state index in [0.29, 0.717) is 12.0 Å². The number of hydrogen-bond acceptors (Lipinski definition) is 3. The number of rotatable bonds is 6. The second kappa shape index (κ2) is 8.03. The van der Waals surface area contributed by atoms with E-state index in [0.717, 1.165) is 18.6 Å².